The van der Waals surface area contributed by atoms with Crippen LogP contribution in [0.15, 0.2) is 30.3 Å². The minimum Gasteiger partial charge on any atom is -0.469 e. The smallest absolute Gasteiger partial charge is 0.310 e. The average molecular weight is 429 g/mol. The van der Waals surface area contributed by atoms with E-state index in [0.717, 1.165) is 5.56 Å². The molecule has 3 unspecified atom stereocenters. The van der Waals surface area contributed by atoms with Crippen molar-refractivity contribution >= 4 is 27.9 Å². The summed E-state index contributed by atoms with van der Waals surface area (Å²) in [5.41, 5.74) is -0.0724. The molecule has 0 radical (unpaired) electrons. The zero-order valence-electron chi connectivity index (χ0n) is 15.7. The molecule has 1 aromatic rings. The van der Waals surface area contributed by atoms with Gasteiger partial charge in [-0.2, -0.15) is 0 Å². The molecule has 1 aliphatic carbocycles. The highest BCUT2D eigenvalue weighted by Gasteiger charge is 2.46. The van der Waals surface area contributed by atoms with Gasteiger partial charge in [-0.25, -0.2) is 0 Å². The maximum absolute atomic E-state index is 12.5. The van der Waals surface area contributed by atoms with Crippen molar-refractivity contribution in [2.45, 2.75) is 51.7 Å². The first-order valence-electron chi connectivity index (χ1n) is 9.06. The third-order valence-corrected chi connectivity index (χ3v) is 4.99. The van der Waals surface area contributed by atoms with Crippen molar-refractivity contribution in [2.75, 3.05) is 12.4 Å². The summed E-state index contributed by atoms with van der Waals surface area (Å²) in [5.74, 6) is -2.12. The van der Waals surface area contributed by atoms with Crippen molar-refractivity contribution in [2.24, 2.45) is 11.8 Å². The van der Waals surface area contributed by atoms with Gasteiger partial charge in [0.05, 0.1) is 24.5 Å². The molecule has 1 saturated carbocycles. The van der Waals surface area contributed by atoms with Crippen molar-refractivity contribution in [3.63, 3.8) is 0 Å². The Balaban J connectivity index is 0.00000163. The van der Waals surface area contributed by atoms with E-state index >= 15 is 0 Å². The number of methoxy groups -OCH3 is 1. The van der Waals surface area contributed by atoms with Gasteiger partial charge >= 0.3 is 11.9 Å². The quantitative estimate of drug-likeness (QED) is 0.549. The number of halogens is 1. The maximum atomic E-state index is 12.5. The number of alkyl halides is 1. The number of rotatable bonds is 6. The zero-order chi connectivity index (χ0) is 19.6. The lowest BCUT2D eigenvalue weighted by atomic mass is 9.70. The molecule has 1 aliphatic rings. The SMILES string of the molecule is CC.COC(=O)C1CCC(O)(CCBr)CC1C(=O)OCc1ccccc1. The molecule has 1 fully saturated rings. The first-order chi connectivity index (χ1) is 12.5. The van der Waals surface area contributed by atoms with E-state index in [2.05, 4.69) is 15.9 Å². The molecular weight excluding hydrogens is 400 g/mol. The van der Waals surface area contributed by atoms with E-state index in [4.69, 9.17) is 9.47 Å². The molecule has 0 spiro atoms. The Morgan fingerprint density at radius 1 is 1.19 bits per heavy atom. The Morgan fingerprint density at radius 2 is 1.85 bits per heavy atom. The molecule has 1 N–H and O–H groups in total. The minimum absolute atomic E-state index is 0.154. The Hall–Kier alpha value is -1.40. The first-order valence-corrected chi connectivity index (χ1v) is 10.2. The highest BCUT2D eigenvalue weighted by Crippen LogP contribution is 2.40. The highest BCUT2D eigenvalue weighted by atomic mass is 79.9. The van der Waals surface area contributed by atoms with Gasteiger partial charge in [-0.05, 0) is 31.2 Å². The molecule has 0 aromatic heterocycles. The Bertz CT molecular complexity index is 563. The number of ether oxygens (including phenoxy) is 2. The van der Waals surface area contributed by atoms with Gasteiger partial charge in [0.25, 0.3) is 0 Å². The van der Waals surface area contributed by atoms with Crippen LogP contribution in [0, 0.1) is 11.8 Å². The average Bonchev–Trinajstić information content (AvgIpc) is 2.68. The van der Waals surface area contributed by atoms with Crippen LogP contribution in [0.1, 0.15) is 45.1 Å². The molecule has 2 rings (SSSR count). The van der Waals surface area contributed by atoms with Crippen LogP contribution in [0.25, 0.3) is 0 Å². The summed E-state index contributed by atoms with van der Waals surface area (Å²) in [7, 11) is 1.31. The van der Waals surface area contributed by atoms with E-state index in [-0.39, 0.29) is 13.0 Å². The second kappa shape index (κ2) is 11.3. The molecule has 26 heavy (non-hydrogen) atoms. The van der Waals surface area contributed by atoms with Gasteiger partial charge in [0, 0.05) is 5.33 Å². The molecule has 0 bridgehead atoms. The van der Waals surface area contributed by atoms with E-state index in [0.29, 0.717) is 24.6 Å². The van der Waals surface area contributed by atoms with Crippen LogP contribution in [-0.4, -0.2) is 35.1 Å². The van der Waals surface area contributed by atoms with E-state index in [1.807, 2.05) is 44.2 Å². The van der Waals surface area contributed by atoms with Gasteiger partial charge < -0.3 is 14.6 Å². The van der Waals surface area contributed by atoms with Gasteiger partial charge in [0.15, 0.2) is 0 Å². The molecule has 1 aromatic carbocycles. The van der Waals surface area contributed by atoms with Crippen molar-refractivity contribution in [3.8, 4) is 0 Å². The number of carbonyl (C=O) groups excluding carboxylic acids is 2. The molecular formula is C20H29BrO5. The largest absolute Gasteiger partial charge is 0.469 e. The summed E-state index contributed by atoms with van der Waals surface area (Å²) in [6, 6.07) is 9.37. The number of esters is 2. The third-order valence-electron chi connectivity index (χ3n) is 4.60. The van der Waals surface area contributed by atoms with Gasteiger partial charge in [-0.1, -0.05) is 60.1 Å². The standard InChI is InChI=1S/C18H23BrO5.C2H6/c1-23-16(20)14-7-8-18(22,9-10-19)11-15(14)17(21)24-12-13-5-3-2-4-6-13;1-2/h2-6,14-15,22H,7-12H2,1H3;1-2H3. The van der Waals surface area contributed by atoms with Crippen LogP contribution < -0.4 is 0 Å². The Kier molecular flexibility index (Phi) is 9.88. The van der Waals surface area contributed by atoms with Crippen LogP contribution in [0.4, 0.5) is 0 Å². The van der Waals surface area contributed by atoms with E-state index in [1.165, 1.54) is 7.11 Å². The maximum Gasteiger partial charge on any atom is 0.310 e. The van der Waals surface area contributed by atoms with Gasteiger partial charge in [0.2, 0.25) is 0 Å². The number of hydrogen-bond acceptors (Lipinski definition) is 5. The molecule has 3 atom stereocenters. The molecule has 5 nitrogen and oxygen atoms in total. The number of hydrogen-bond donors (Lipinski definition) is 1. The number of aliphatic hydroxyl groups is 1. The molecule has 0 amide bonds. The molecule has 0 heterocycles. The predicted octanol–water partition coefficient (Wildman–Crippen LogP) is 3.86. The highest BCUT2D eigenvalue weighted by molar-refractivity contribution is 9.09. The summed E-state index contributed by atoms with van der Waals surface area (Å²) in [6.07, 6.45) is 1.64. The van der Waals surface area contributed by atoms with Crippen molar-refractivity contribution in [1.29, 1.82) is 0 Å². The van der Waals surface area contributed by atoms with Crippen molar-refractivity contribution in [3.05, 3.63) is 35.9 Å². The Morgan fingerprint density at radius 3 is 2.42 bits per heavy atom. The molecule has 6 heteroatoms. The lowest BCUT2D eigenvalue weighted by Crippen LogP contribution is -2.45. The summed E-state index contributed by atoms with van der Waals surface area (Å²) in [4.78, 5) is 24.5. The molecule has 146 valence electrons. The normalized spacial score (nSPS) is 24.8. The zero-order valence-corrected chi connectivity index (χ0v) is 17.3. The van der Waals surface area contributed by atoms with Crippen LogP contribution in [0.3, 0.4) is 0 Å². The van der Waals surface area contributed by atoms with Crippen LogP contribution in [0.2, 0.25) is 0 Å². The minimum atomic E-state index is -0.954. The van der Waals surface area contributed by atoms with E-state index in [9.17, 15) is 14.7 Å². The van der Waals surface area contributed by atoms with Crippen LogP contribution in [-0.2, 0) is 25.7 Å². The second-order valence-electron chi connectivity index (χ2n) is 6.24. The summed E-state index contributed by atoms with van der Waals surface area (Å²) >= 11 is 3.33. The first kappa shape index (κ1) is 22.6. The number of benzene rings is 1. The van der Waals surface area contributed by atoms with Crippen molar-refractivity contribution in [1.82, 2.24) is 0 Å². The Labute approximate surface area is 164 Å². The van der Waals surface area contributed by atoms with Crippen molar-refractivity contribution < 1.29 is 24.2 Å². The topological polar surface area (TPSA) is 72.8 Å². The summed E-state index contributed by atoms with van der Waals surface area (Å²) in [6.45, 7) is 4.15. The molecule has 0 aliphatic heterocycles. The monoisotopic (exact) mass is 428 g/mol. The predicted molar refractivity (Wildman–Crippen MR) is 104 cm³/mol. The fourth-order valence-electron chi connectivity index (χ4n) is 3.20. The third kappa shape index (κ3) is 6.40. The second-order valence-corrected chi connectivity index (χ2v) is 7.03. The molecule has 0 saturated heterocycles. The fraction of sp³-hybridized carbons (Fsp3) is 0.600. The summed E-state index contributed by atoms with van der Waals surface area (Å²) in [5, 5.41) is 11.3. The lowest BCUT2D eigenvalue weighted by molar-refractivity contribution is -0.168. The van der Waals surface area contributed by atoms with Crippen LogP contribution in [0.5, 0.6) is 0 Å². The van der Waals surface area contributed by atoms with Gasteiger partial charge in [-0.3, -0.25) is 9.59 Å². The number of carbonyl (C=O) groups is 2. The summed E-state index contributed by atoms with van der Waals surface area (Å²) < 4.78 is 10.2. The fourth-order valence-corrected chi connectivity index (χ4v) is 3.94. The van der Waals surface area contributed by atoms with E-state index < -0.39 is 29.4 Å². The van der Waals surface area contributed by atoms with Gasteiger partial charge in [0.1, 0.15) is 6.61 Å². The van der Waals surface area contributed by atoms with E-state index in [1.54, 1.807) is 0 Å². The van der Waals surface area contributed by atoms with Crippen LogP contribution >= 0.6 is 15.9 Å². The van der Waals surface area contributed by atoms with Gasteiger partial charge in [-0.15, -0.1) is 0 Å². The lowest BCUT2D eigenvalue weighted by Gasteiger charge is -2.39.